The number of pyridine rings is 1. The van der Waals surface area contributed by atoms with Crippen molar-refractivity contribution in [2.75, 3.05) is 0 Å². The molecule has 1 nitrogen and oxygen atoms in total. The van der Waals surface area contributed by atoms with Gasteiger partial charge in [-0.05, 0) is 35.7 Å². The summed E-state index contributed by atoms with van der Waals surface area (Å²) in [4.78, 5) is 0. The van der Waals surface area contributed by atoms with Gasteiger partial charge in [-0.1, -0.05) is 58.2 Å². The smallest absolute Gasteiger partial charge is 0.124 e. The number of fused-ring (bicyclic) bond motifs is 1. The number of hydrogen-bond acceptors (Lipinski definition) is 2. The molecule has 0 fully saturated rings. The summed E-state index contributed by atoms with van der Waals surface area (Å²) in [5, 5.41) is 3.42. The molecule has 0 spiro atoms. The minimum atomic E-state index is 0.565. The van der Waals surface area contributed by atoms with Gasteiger partial charge in [-0.2, -0.15) is 0 Å². The summed E-state index contributed by atoms with van der Waals surface area (Å²) in [5.74, 6) is 0. The van der Waals surface area contributed by atoms with Gasteiger partial charge >= 0.3 is 0 Å². The third kappa shape index (κ3) is 3.70. The largest absolute Gasteiger partial charge is 0.335 e. The third-order valence-corrected chi connectivity index (χ3v) is 5.53. The Bertz CT molecular complexity index is 582. The number of nitrogens with zero attached hydrogens (tertiary/aromatic N) is 1. The van der Waals surface area contributed by atoms with Crippen LogP contribution in [0.25, 0.3) is 10.1 Å². The molecule has 3 heteroatoms. The number of rotatable bonds is 8. The van der Waals surface area contributed by atoms with E-state index in [9.17, 15) is 0 Å². The molecule has 0 aromatic carbocycles. The van der Waals surface area contributed by atoms with Crippen LogP contribution >= 0.6 is 23.6 Å². The predicted molar refractivity (Wildman–Crippen MR) is 93.4 cm³/mol. The first kappa shape index (κ1) is 15.7. The van der Waals surface area contributed by atoms with Gasteiger partial charge in [0.25, 0.3) is 0 Å². The van der Waals surface area contributed by atoms with E-state index in [1.165, 1.54) is 55.0 Å². The molecule has 1 atom stereocenters. The Hall–Kier alpha value is -0.670. The zero-order valence-electron chi connectivity index (χ0n) is 12.6. The van der Waals surface area contributed by atoms with Crippen LogP contribution in [-0.2, 0) is 0 Å². The summed E-state index contributed by atoms with van der Waals surface area (Å²) in [5.41, 5.74) is 0. The maximum absolute atomic E-state index is 5.68. The molecule has 2 rings (SSSR count). The quantitative estimate of drug-likeness (QED) is 0.386. The molecule has 0 aliphatic rings. The van der Waals surface area contributed by atoms with Gasteiger partial charge in [-0.15, -0.1) is 11.3 Å². The molecule has 0 radical (unpaired) electrons. The first-order valence-electron chi connectivity index (χ1n) is 7.86. The van der Waals surface area contributed by atoms with Crippen LogP contribution in [0.5, 0.6) is 0 Å². The van der Waals surface area contributed by atoms with Gasteiger partial charge in [0.1, 0.15) is 4.64 Å². The average molecular weight is 308 g/mol. The molecule has 110 valence electrons. The van der Waals surface area contributed by atoms with Crippen LogP contribution in [0.4, 0.5) is 0 Å². The van der Waals surface area contributed by atoms with Crippen molar-refractivity contribution in [2.45, 2.75) is 64.8 Å². The molecular weight excluding hydrogens is 282 g/mol. The molecule has 0 bridgehead atoms. The lowest BCUT2D eigenvalue weighted by atomic mass is 10.0. The average Bonchev–Trinajstić information content (AvgIpc) is 2.94. The first-order chi connectivity index (χ1) is 9.77. The van der Waals surface area contributed by atoms with Crippen molar-refractivity contribution in [2.24, 2.45) is 0 Å². The Kier molecular flexibility index (Phi) is 6.24. The Morgan fingerprint density at radius 1 is 1.15 bits per heavy atom. The number of unbranched alkanes of at least 4 members (excludes halogenated alkanes) is 4. The van der Waals surface area contributed by atoms with Crippen LogP contribution in [0.3, 0.4) is 0 Å². The van der Waals surface area contributed by atoms with Crippen LogP contribution in [0.15, 0.2) is 23.7 Å². The van der Waals surface area contributed by atoms with E-state index in [2.05, 4.69) is 42.1 Å². The summed E-state index contributed by atoms with van der Waals surface area (Å²) in [6, 6.07) is 4.93. The highest BCUT2D eigenvalue weighted by Crippen LogP contribution is 2.27. The van der Waals surface area contributed by atoms with E-state index in [-0.39, 0.29) is 0 Å². The lowest BCUT2D eigenvalue weighted by Gasteiger charge is -2.19. The number of hydrogen-bond donors (Lipinski definition) is 0. The van der Waals surface area contributed by atoms with Crippen molar-refractivity contribution in [3.8, 4) is 0 Å². The van der Waals surface area contributed by atoms with Gasteiger partial charge in [0.15, 0.2) is 0 Å². The lowest BCUT2D eigenvalue weighted by Crippen LogP contribution is -2.09. The fraction of sp³-hybridized carbons (Fsp3) is 0.588. The van der Waals surface area contributed by atoms with E-state index in [1.54, 1.807) is 11.3 Å². The van der Waals surface area contributed by atoms with Crippen LogP contribution in [0.2, 0.25) is 0 Å². The topological polar surface area (TPSA) is 4.93 Å². The zero-order chi connectivity index (χ0) is 14.4. The molecule has 0 aliphatic heterocycles. The Balaban J connectivity index is 2.05. The second kappa shape index (κ2) is 7.94. The highest BCUT2D eigenvalue weighted by molar-refractivity contribution is 7.71. The molecule has 0 N–H and O–H groups in total. The minimum absolute atomic E-state index is 0.565. The Morgan fingerprint density at radius 2 is 1.95 bits per heavy atom. The summed E-state index contributed by atoms with van der Waals surface area (Å²) in [7, 11) is 0. The highest BCUT2D eigenvalue weighted by atomic mass is 32.1. The molecule has 0 amide bonds. The maximum Gasteiger partial charge on any atom is 0.124 e. The maximum atomic E-state index is 5.68. The third-order valence-electron chi connectivity index (χ3n) is 4.04. The molecule has 2 aromatic rings. The van der Waals surface area contributed by atoms with Crippen molar-refractivity contribution >= 4 is 33.6 Å². The molecule has 0 saturated heterocycles. The van der Waals surface area contributed by atoms with Gasteiger partial charge in [-0.25, -0.2) is 0 Å². The normalized spacial score (nSPS) is 12.9. The Morgan fingerprint density at radius 3 is 2.70 bits per heavy atom. The monoisotopic (exact) mass is 307 g/mol. The minimum Gasteiger partial charge on any atom is -0.335 e. The van der Waals surface area contributed by atoms with Crippen LogP contribution in [0.1, 0.15) is 64.8 Å². The van der Waals surface area contributed by atoms with Crippen LogP contribution < -0.4 is 0 Å². The van der Waals surface area contributed by atoms with E-state index in [4.69, 9.17) is 12.2 Å². The van der Waals surface area contributed by atoms with Gasteiger partial charge in [0, 0.05) is 12.2 Å². The summed E-state index contributed by atoms with van der Waals surface area (Å²) >= 11 is 7.45. The van der Waals surface area contributed by atoms with Gasteiger partial charge in [0.05, 0.1) is 4.70 Å². The predicted octanol–water partition coefficient (Wildman–Crippen LogP) is 6.74. The van der Waals surface area contributed by atoms with Crippen LogP contribution in [0, 0.1) is 4.64 Å². The van der Waals surface area contributed by atoms with Crippen LogP contribution in [-0.4, -0.2) is 4.57 Å². The summed E-state index contributed by atoms with van der Waals surface area (Å²) < 4.78 is 4.62. The van der Waals surface area contributed by atoms with E-state index < -0.39 is 0 Å². The second-order valence-corrected chi connectivity index (χ2v) is 6.80. The van der Waals surface area contributed by atoms with Crippen molar-refractivity contribution in [1.82, 2.24) is 4.57 Å². The van der Waals surface area contributed by atoms with E-state index in [0.29, 0.717) is 6.04 Å². The fourth-order valence-electron chi connectivity index (χ4n) is 2.78. The molecule has 1 unspecified atom stereocenters. The fourth-order valence-corrected chi connectivity index (χ4v) is 4.08. The summed E-state index contributed by atoms with van der Waals surface area (Å²) in [6.45, 7) is 4.54. The standard InChI is InChI=1S/C17H25NS2/c1-3-5-6-7-8-9-15(4-2)18-12-10-14-11-13-20-16(14)17(18)19/h10-13,15H,3-9H2,1-2H3. The molecule has 0 aliphatic carbocycles. The molecule has 2 heterocycles. The SMILES string of the molecule is CCCCCCCC(CC)n1ccc2ccsc2c1=S. The van der Waals surface area contributed by atoms with Crippen molar-refractivity contribution < 1.29 is 0 Å². The second-order valence-electron chi connectivity index (χ2n) is 5.50. The van der Waals surface area contributed by atoms with Gasteiger partial charge in [0.2, 0.25) is 0 Å². The molecular formula is C17H25NS2. The van der Waals surface area contributed by atoms with E-state index in [0.717, 1.165) is 4.64 Å². The van der Waals surface area contributed by atoms with Crippen molar-refractivity contribution in [3.05, 3.63) is 28.4 Å². The number of thiophene rings is 1. The number of aromatic nitrogens is 1. The lowest BCUT2D eigenvalue weighted by molar-refractivity contribution is 0.423. The van der Waals surface area contributed by atoms with E-state index >= 15 is 0 Å². The highest BCUT2D eigenvalue weighted by Gasteiger charge is 2.10. The molecule has 0 saturated carbocycles. The molecule has 20 heavy (non-hydrogen) atoms. The molecule has 2 aromatic heterocycles. The first-order valence-corrected chi connectivity index (χ1v) is 9.15. The van der Waals surface area contributed by atoms with Gasteiger partial charge in [-0.3, -0.25) is 0 Å². The summed E-state index contributed by atoms with van der Waals surface area (Å²) in [6.07, 6.45) is 11.4. The zero-order valence-corrected chi connectivity index (χ0v) is 14.2. The Labute approximate surface area is 131 Å². The van der Waals surface area contributed by atoms with E-state index in [1.807, 2.05) is 0 Å². The van der Waals surface area contributed by atoms with Crippen molar-refractivity contribution in [3.63, 3.8) is 0 Å². The van der Waals surface area contributed by atoms with Gasteiger partial charge < -0.3 is 4.57 Å². The van der Waals surface area contributed by atoms with Crippen molar-refractivity contribution in [1.29, 1.82) is 0 Å².